The van der Waals surface area contributed by atoms with Crippen LogP contribution in [0.3, 0.4) is 0 Å². The predicted octanol–water partition coefficient (Wildman–Crippen LogP) is 0.618. The third-order valence-electron chi connectivity index (χ3n) is 2.79. The highest BCUT2D eigenvalue weighted by molar-refractivity contribution is 6.33. The van der Waals surface area contributed by atoms with Gasteiger partial charge in [-0.15, -0.1) is 5.10 Å². The van der Waals surface area contributed by atoms with Crippen molar-refractivity contribution in [3.8, 4) is 5.69 Å². The molecule has 0 aliphatic heterocycles. The first-order chi connectivity index (χ1) is 10.1. The van der Waals surface area contributed by atoms with Crippen molar-refractivity contribution < 1.29 is 9.53 Å². The largest absolute Gasteiger partial charge is 0.385 e. The van der Waals surface area contributed by atoms with Gasteiger partial charge in [0.2, 0.25) is 5.91 Å². The van der Waals surface area contributed by atoms with E-state index in [1.807, 2.05) is 0 Å². The van der Waals surface area contributed by atoms with Gasteiger partial charge in [0.15, 0.2) is 0 Å². The number of hydrogen-bond donors (Lipinski definition) is 2. The third kappa shape index (κ3) is 3.97. The van der Waals surface area contributed by atoms with Crippen molar-refractivity contribution in [2.45, 2.75) is 12.5 Å². The fourth-order valence-electron chi connectivity index (χ4n) is 1.63. The lowest BCUT2D eigenvalue weighted by molar-refractivity contribution is -0.117. The molecular weight excluding hydrogens is 296 g/mol. The molecule has 21 heavy (non-hydrogen) atoms. The summed E-state index contributed by atoms with van der Waals surface area (Å²) in [7, 11) is 1.55. The molecule has 112 valence electrons. The molecule has 0 saturated carbocycles. The highest BCUT2D eigenvalue weighted by Crippen LogP contribution is 2.24. The molecule has 0 fully saturated rings. The Morgan fingerprint density at radius 1 is 1.57 bits per heavy atom. The van der Waals surface area contributed by atoms with Crippen molar-refractivity contribution in [1.82, 2.24) is 20.2 Å². The van der Waals surface area contributed by atoms with Gasteiger partial charge in [0.1, 0.15) is 6.33 Å². The summed E-state index contributed by atoms with van der Waals surface area (Å²) in [6.07, 6.45) is 1.87. The summed E-state index contributed by atoms with van der Waals surface area (Å²) < 4.78 is 6.35. The number of carbonyl (C=O) groups excluding carboxylic acids is 1. The maximum atomic E-state index is 12.0. The van der Waals surface area contributed by atoms with E-state index < -0.39 is 6.04 Å². The number of aromatic nitrogens is 4. The maximum Gasteiger partial charge on any atom is 0.241 e. The van der Waals surface area contributed by atoms with E-state index in [0.29, 0.717) is 29.4 Å². The second-order valence-corrected chi connectivity index (χ2v) is 4.70. The lowest BCUT2D eigenvalue weighted by Crippen LogP contribution is -2.36. The number of nitrogens with one attached hydrogen (secondary N) is 1. The quantitative estimate of drug-likeness (QED) is 0.809. The SMILES string of the molecule is COCCC(N)C(=O)Nc1cc(-n2cnnn2)ccc1Cl. The predicted molar refractivity (Wildman–Crippen MR) is 77.3 cm³/mol. The highest BCUT2D eigenvalue weighted by Gasteiger charge is 2.15. The molecule has 1 unspecified atom stereocenters. The molecule has 2 rings (SSSR count). The monoisotopic (exact) mass is 310 g/mol. The molecule has 1 aromatic heterocycles. The van der Waals surface area contributed by atoms with Crippen molar-refractivity contribution in [2.75, 3.05) is 19.0 Å². The molecule has 8 nitrogen and oxygen atoms in total. The van der Waals surface area contributed by atoms with E-state index in [9.17, 15) is 4.79 Å². The van der Waals surface area contributed by atoms with Crippen molar-refractivity contribution in [2.24, 2.45) is 5.73 Å². The van der Waals surface area contributed by atoms with Gasteiger partial charge in [-0.05, 0) is 35.0 Å². The number of nitrogens with zero attached hydrogens (tertiary/aromatic N) is 4. The van der Waals surface area contributed by atoms with Crippen LogP contribution in [0.15, 0.2) is 24.5 Å². The van der Waals surface area contributed by atoms with E-state index in [0.717, 1.165) is 0 Å². The van der Waals surface area contributed by atoms with E-state index in [1.165, 1.54) is 11.0 Å². The number of rotatable bonds is 6. The Balaban J connectivity index is 2.12. The molecule has 0 bridgehead atoms. The summed E-state index contributed by atoms with van der Waals surface area (Å²) in [5.74, 6) is -0.331. The Labute approximate surface area is 126 Å². The van der Waals surface area contributed by atoms with Crippen LogP contribution in [0.5, 0.6) is 0 Å². The standard InChI is InChI=1S/C12H15ClN6O2/c1-21-5-4-10(14)12(20)16-11-6-8(2-3-9(11)13)19-7-15-17-18-19/h2-3,6-7,10H,4-5,14H2,1H3,(H,16,20). The van der Waals surface area contributed by atoms with Crippen molar-refractivity contribution >= 4 is 23.2 Å². The minimum atomic E-state index is -0.669. The molecule has 1 heterocycles. The van der Waals surface area contributed by atoms with Crippen LogP contribution in [0.2, 0.25) is 5.02 Å². The number of ether oxygens (including phenoxy) is 1. The third-order valence-corrected chi connectivity index (χ3v) is 3.12. The topological polar surface area (TPSA) is 108 Å². The van der Waals surface area contributed by atoms with Gasteiger partial charge in [0.25, 0.3) is 0 Å². The molecule has 0 spiro atoms. The summed E-state index contributed by atoms with van der Waals surface area (Å²) >= 11 is 6.07. The Kier molecular flexibility index (Phi) is 5.20. The molecule has 0 saturated heterocycles. The Hall–Kier alpha value is -2.03. The first kappa shape index (κ1) is 15.4. The van der Waals surface area contributed by atoms with Gasteiger partial charge < -0.3 is 15.8 Å². The summed E-state index contributed by atoms with van der Waals surface area (Å²) in [6, 6.07) is 4.38. The molecule has 1 atom stereocenters. The zero-order chi connectivity index (χ0) is 15.2. The summed E-state index contributed by atoms with van der Waals surface area (Å²) in [5, 5.41) is 14.0. The number of amides is 1. The number of benzene rings is 1. The van der Waals surface area contributed by atoms with Gasteiger partial charge in [-0.2, -0.15) is 0 Å². The van der Waals surface area contributed by atoms with E-state index >= 15 is 0 Å². The summed E-state index contributed by atoms with van der Waals surface area (Å²) in [4.78, 5) is 12.0. The molecule has 1 amide bonds. The van der Waals surface area contributed by atoms with Crippen LogP contribution in [-0.2, 0) is 9.53 Å². The fraction of sp³-hybridized carbons (Fsp3) is 0.333. The minimum absolute atomic E-state index is 0.331. The first-order valence-electron chi connectivity index (χ1n) is 6.20. The van der Waals surface area contributed by atoms with Crippen LogP contribution in [0.1, 0.15) is 6.42 Å². The molecule has 1 aromatic carbocycles. The van der Waals surface area contributed by atoms with Crippen LogP contribution < -0.4 is 11.1 Å². The number of carbonyl (C=O) groups is 1. The van der Waals surface area contributed by atoms with Gasteiger partial charge >= 0.3 is 0 Å². The molecule has 0 radical (unpaired) electrons. The number of methoxy groups -OCH3 is 1. The van der Waals surface area contributed by atoms with Crippen LogP contribution in [0.25, 0.3) is 5.69 Å². The lowest BCUT2D eigenvalue weighted by atomic mass is 10.2. The van der Waals surface area contributed by atoms with Gasteiger partial charge in [-0.25, -0.2) is 4.68 Å². The number of tetrazole rings is 1. The Morgan fingerprint density at radius 3 is 3.05 bits per heavy atom. The molecular formula is C12H15ClN6O2. The molecule has 2 aromatic rings. The van der Waals surface area contributed by atoms with E-state index in [-0.39, 0.29) is 5.91 Å². The zero-order valence-electron chi connectivity index (χ0n) is 11.4. The number of halogens is 1. The second kappa shape index (κ2) is 7.11. The van der Waals surface area contributed by atoms with Gasteiger partial charge in [0.05, 0.1) is 22.4 Å². The van der Waals surface area contributed by atoms with Crippen molar-refractivity contribution in [3.63, 3.8) is 0 Å². The van der Waals surface area contributed by atoms with E-state index in [2.05, 4.69) is 20.8 Å². The smallest absolute Gasteiger partial charge is 0.241 e. The Morgan fingerprint density at radius 2 is 2.38 bits per heavy atom. The Bertz CT molecular complexity index is 604. The summed E-state index contributed by atoms with van der Waals surface area (Å²) in [5.41, 5.74) is 6.88. The first-order valence-corrected chi connectivity index (χ1v) is 6.58. The maximum absolute atomic E-state index is 12.0. The summed E-state index contributed by atoms with van der Waals surface area (Å²) in [6.45, 7) is 0.410. The normalized spacial score (nSPS) is 12.1. The highest BCUT2D eigenvalue weighted by atomic mass is 35.5. The van der Waals surface area contributed by atoms with Crippen LogP contribution >= 0.6 is 11.6 Å². The van der Waals surface area contributed by atoms with Crippen LogP contribution in [0, 0.1) is 0 Å². The van der Waals surface area contributed by atoms with E-state index in [1.54, 1.807) is 25.3 Å². The van der Waals surface area contributed by atoms with Gasteiger partial charge in [-0.1, -0.05) is 11.6 Å². The molecule has 3 N–H and O–H groups in total. The molecule has 0 aliphatic carbocycles. The van der Waals surface area contributed by atoms with E-state index in [4.69, 9.17) is 22.1 Å². The average molecular weight is 311 g/mol. The number of nitrogens with two attached hydrogens (primary N) is 1. The van der Waals surface area contributed by atoms with Crippen molar-refractivity contribution in [3.05, 3.63) is 29.5 Å². The minimum Gasteiger partial charge on any atom is -0.385 e. The number of hydrogen-bond acceptors (Lipinski definition) is 6. The second-order valence-electron chi connectivity index (χ2n) is 4.30. The lowest BCUT2D eigenvalue weighted by Gasteiger charge is -2.13. The molecule has 9 heteroatoms. The number of anilines is 1. The van der Waals surface area contributed by atoms with Gasteiger partial charge in [0, 0.05) is 13.7 Å². The van der Waals surface area contributed by atoms with Gasteiger partial charge in [-0.3, -0.25) is 4.79 Å². The average Bonchev–Trinajstić information content (AvgIpc) is 3.01. The molecule has 0 aliphatic rings. The van der Waals surface area contributed by atoms with Crippen LogP contribution in [0.4, 0.5) is 5.69 Å². The fourth-order valence-corrected chi connectivity index (χ4v) is 1.80. The van der Waals surface area contributed by atoms with Crippen LogP contribution in [-0.4, -0.2) is 45.9 Å². The zero-order valence-corrected chi connectivity index (χ0v) is 12.1. The van der Waals surface area contributed by atoms with Crippen molar-refractivity contribution in [1.29, 1.82) is 0 Å².